The van der Waals surface area contributed by atoms with Crippen molar-refractivity contribution >= 4 is 28.0 Å². The second kappa shape index (κ2) is 11.5. The average molecular weight is 554 g/mol. The molecule has 3 aromatic carbocycles. The van der Waals surface area contributed by atoms with Gasteiger partial charge in [-0.25, -0.2) is 4.79 Å². The summed E-state index contributed by atoms with van der Waals surface area (Å²) in [4.78, 5) is 26.5. The van der Waals surface area contributed by atoms with Crippen molar-refractivity contribution in [2.24, 2.45) is 0 Å². The SMILES string of the molecule is CCOC(=O)Cc1ccc(OC)c(Oc2ccc(Br)cc2CN2C(=O)OC(c3ccccc3)C2C)c1. The minimum atomic E-state index is -0.378. The van der Waals surface area contributed by atoms with E-state index in [0.29, 0.717) is 30.4 Å². The van der Waals surface area contributed by atoms with Crippen LogP contribution in [0.4, 0.5) is 4.79 Å². The molecule has 7 nitrogen and oxygen atoms in total. The third kappa shape index (κ3) is 5.82. The Morgan fingerprint density at radius 2 is 1.78 bits per heavy atom. The number of ether oxygens (including phenoxy) is 4. The fourth-order valence-electron chi connectivity index (χ4n) is 4.16. The van der Waals surface area contributed by atoms with Crippen LogP contribution in [0.3, 0.4) is 0 Å². The lowest BCUT2D eigenvalue weighted by Gasteiger charge is -2.22. The molecular weight excluding hydrogens is 526 g/mol. The third-order valence-corrected chi connectivity index (χ3v) is 6.48. The molecule has 0 spiro atoms. The molecule has 1 heterocycles. The Morgan fingerprint density at radius 1 is 1.03 bits per heavy atom. The lowest BCUT2D eigenvalue weighted by Crippen LogP contribution is -2.31. The number of cyclic esters (lactones) is 1. The van der Waals surface area contributed by atoms with E-state index in [1.165, 1.54) is 0 Å². The van der Waals surface area contributed by atoms with Crippen molar-refractivity contribution in [1.82, 2.24) is 4.90 Å². The molecule has 36 heavy (non-hydrogen) atoms. The molecule has 3 aromatic rings. The highest BCUT2D eigenvalue weighted by Crippen LogP contribution is 2.38. The highest BCUT2D eigenvalue weighted by atomic mass is 79.9. The predicted molar refractivity (Wildman–Crippen MR) is 138 cm³/mol. The van der Waals surface area contributed by atoms with Gasteiger partial charge in [0.15, 0.2) is 11.5 Å². The summed E-state index contributed by atoms with van der Waals surface area (Å²) in [6.45, 7) is 4.36. The monoisotopic (exact) mass is 553 g/mol. The van der Waals surface area contributed by atoms with E-state index in [-0.39, 0.29) is 30.6 Å². The Hall–Kier alpha value is -3.52. The summed E-state index contributed by atoms with van der Waals surface area (Å²) in [5.74, 6) is 1.23. The number of hydrogen-bond donors (Lipinski definition) is 0. The Balaban J connectivity index is 1.59. The van der Waals surface area contributed by atoms with Crippen molar-refractivity contribution < 1.29 is 28.5 Å². The summed E-state index contributed by atoms with van der Waals surface area (Å²) in [7, 11) is 1.56. The maximum Gasteiger partial charge on any atom is 0.411 e. The normalized spacial score (nSPS) is 17.0. The van der Waals surface area contributed by atoms with E-state index in [0.717, 1.165) is 21.2 Å². The lowest BCUT2D eigenvalue weighted by atomic mass is 10.0. The summed E-state index contributed by atoms with van der Waals surface area (Å²) in [6, 6.07) is 20.5. The topological polar surface area (TPSA) is 74.3 Å². The van der Waals surface area contributed by atoms with E-state index in [4.69, 9.17) is 18.9 Å². The number of amides is 1. The molecule has 2 atom stereocenters. The van der Waals surface area contributed by atoms with Crippen LogP contribution in [-0.4, -0.2) is 36.7 Å². The van der Waals surface area contributed by atoms with Crippen LogP contribution < -0.4 is 9.47 Å². The van der Waals surface area contributed by atoms with Crippen molar-refractivity contribution in [3.05, 3.63) is 87.9 Å². The zero-order chi connectivity index (χ0) is 25.7. The van der Waals surface area contributed by atoms with Gasteiger partial charge in [0, 0.05) is 10.0 Å². The molecule has 0 bridgehead atoms. The number of carbonyl (C=O) groups is 2. The van der Waals surface area contributed by atoms with Gasteiger partial charge in [-0.1, -0.05) is 52.3 Å². The Bertz CT molecular complexity index is 1230. The van der Waals surface area contributed by atoms with Gasteiger partial charge in [0.25, 0.3) is 0 Å². The summed E-state index contributed by atoms with van der Waals surface area (Å²) < 4.78 is 23.4. The highest BCUT2D eigenvalue weighted by molar-refractivity contribution is 9.10. The molecule has 1 aliphatic rings. The van der Waals surface area contributed by atoms with E-state index >= 15 is 0 Å². The maximum atomic E-state index is 12.8. The highest BCUT2D eigenvalue weighted by Gasteiger charge is 2.39. The van der Waals surface area contributed by atoms with Crippen molar-refractivity contribution in [2.75, 3.05) is 13.7 Å². The summed E-state index contributed by atoms with van der Waals surface area (Å²) in [5.41, 5.74) is 2.49. The van der Waals surface area contributed by atoms with Crippen molar-refractivity contribution in [1.29, 1.82) is 0 Å². The van der Waals surface area contributed by atoms with Gasteiger partial charge in [-0.05, 0) is 55.3 Å². The van der Waals surface area contributed by atoms with Gasteiger partial charge in [-0.15, -0.1) is 0 Å². The van der Waals surface area contributed by atoms with Gasteiger partial charge in [0.2, 0.25) is 0 Å². The van der Waals surface area contributed by atoms with Crippen LogP contribution in [-0.2, 0) is 27.2 Å². The molecule has 8 heteroatoms. The number of nitrogens with zero attached hydrogens (tertiary/aromatic N) is 1. The van der Waals surface area contributed by atoms with E-state index in [1.807, 2.05) is 55.5 Å². The minimum Gasteiger partial charge on any atom is -0.493 e. The predicted octanol–water partition coefficient (Wildman–Crippen LogP) is 6.44. The molecule has 0 saturated carbocycles. The largest absolute Gasteiger partial charge is 0.493 e. The molecule has 188 valence electrons. The first-order valence-electron chi connectivity index (χ1n) is 11.7. The van der Waals surface area contributed by atoms with Crippen LogP contribution in [0.5, 0.6) is 17.2 Å². The number of rotatable bonds is 9. The molecule has 0 radical (unpaired) electrons. The fourth-order valence-corrected chi connectivity index (χ4v) is 4.57. The van der Waals surface area contributed by atoms with Gasteiger partial charge >= 0.3 is 12.1 Å². The second-order valence-electron chi connectivity index (χ2n) is 8.40. The minimum absolute atomic E-state index is 0.124. The zero-order valence-electron chi connectivity index (χ0n) is 20.4. The van der Waals surface area contributed by atoms with E-state index < -0.39 is 0 Å². The Labute approximate surface area is 219 Å². The van der Waals surface area contributed by atoms with Gasteiger partial charge in [0.05, 0.1) is 32.7 Å². The van der Waals surface area contributed by atoms with Crippen LogP contribution in [0.15, 0.2) is 71.2 Å². The van der Waals surface area contributed by atoms with Gasteiger partial charge in [-0.3, -0.25) is 9.69 Å². The van der Waals surface area contributed by atoms with Crippen molar-refractivity contribution in [3.8, 4) is 17.2 Å². The average Bonchev–Trinajstić information content (AvgIpc) is 3.15. The molecule has 1 saturated heterocycles. The number of hydrogen-bond acceptors (Lipinski definition) is 6. The Kier molecular flexibility index (Phi) is 8.15. The summed E-state index contributed by atoms with van der Waals surface area (Å²) >= 11 is 3.53. The summed E-state index contributed by atoms with van der Waals surface area (Å²) in [5, 5.41) is 0. The third-order valence-electron chi connectivity index (χ3n) is 5.99. The molecule has 1 fully saturated rings. The van der Waals surface area contributed by atoms with E-state index in [1.54, 1.807) is 37.1 Å². The smallest absolute Gasteiger partial charge is 0.411 e. The number of benzene rings is 3. The van der Waals surface area contributed by atoms with Gasteiger partial charge in [0.1, 0.15) is 11.9 Å². The molecule has 4 rings (SSSR count). The number of esters is 1. The van der Waals surface area contributed by atoms with Crippen LogP contribution in [0.1, 0.15) is 36.6 Å². The number of carbonyl (C=O) groups excluding carboxylic acids is 2. The van der Waals surface area contributed by atoms with Crippen molar-refractivity contribution in [2.45, 2.75) is 39.0 Å². The fraction of sp³-hybridized carbons (Fsp3) is 0.286. The first-order valence-corrected chi connectivity index (χ1v) is 12.5. The number of halogens is 1. The molecule has 0 aromatic heterocycles. The van der Waals surface area contributed by atoms with Gasteiger partial charge in [-0.2, -0.15) is 0 Å². The van der Waals surface area contributed by atoms with Crippen LogP contribution in [0.2, 0.25) is 0 Å². The molecular formula is C28H28BrNO6. The maximum absolute atomic E-state index is 12.8. The summed E-state index contributed by atoms with van der Waals surface area (Å²) in [6.07, 6.45) is -0.606. The zero-order valence-corrected chi connectivity index (χ0v) is 22.0. The standard InChI is InChI=1S/C28H28BrNO6/c1-4-34-26(31)15-19-10-12-24(33-3)25(14-19)35-23-13-11-22(29)16-21(23)17-30-18(2)27(36-28(30)32)20-8-6-5-7-9-20/h5-14,16,18,27H,4,15,17H2,1-3H3. The first-order chi connectivity index (χ1) is 17.4. The molecule has 1 amide bonds. The molecule has 0 aliphatic carbocycles. The molecule has 0 N–H and O–H groups in total. The number of methoxy groups -OCH3 is 1. The molecule has 1 aliphatic heterocycles. The van der Waals surface area contributed by atoms with Crippen molar-refractivity contribution in [3.63, 3.8) is 0 Å². The quantitative estimate of drug-likeness (QED) is 0.284. The van der Waals surface area contributed by atoms with Crippen LogP contribution >= 0.6 is 15.9 Å². The molecule has 2 unspecified atom stereocenters. The first kappa shape index (κ1) is 25.6. The second-order valence-corrected chi connectivity index (χ2v) is 9.32. The Morgan fingerprint density at radius 3 is 2.50 bits per heavy atom. The van der Waals surface area contributed by atoms with Crippen LogP contribution in [0.25, 0.3) is 0 Å². The van der Waals surface area contributed by atoms with Crippen LogP contribution in [0, 0.1) is 0 Å². The van der Waals surface area contributed by atoms with E-state index in [2.05, 4.69) is 15.9 Å². The van der Waals surface area contributed by atoms with Gasteiger partial charge < -0.3 is 18.9 Å². The van der Waals surface area contributed by atoms with E-state index in [9.17, 15) is 9.59 Å². The lowest BCUT2D eigenvalue weighted by molar-refractivity contribution is -0.142.